The SMILES string of the molecule is CC1(C)c2ccccc2-c2cc3c(cc21)C(CCc1ccccc1)C1=C3C=C(C2=C3C(=CCC2)C2(c4ccccc43)c3ccccc3-c3ccccc32)CC1. The highest BCUT2D eigenvalue weighted by molar-refractivity contribution is 6.03. The first-order chi connectivity index (χ1) is 27.0. The van der Waals surface area contributed by atoms with E-state index in [9.17, 15) is 0 Å². The van der Waals surface area contributed by atoms with Crippen LogP contribution >= 0.6 is 0 Å². The van der Waals surface area contributed by atoms with Crippen LogP contribution in [-0.4, -0.2) is 0 Å². The number of rotatable bonds is 4. The van der Waals surface area contributed by atoms with Crippen molar-refractivity contribution in [2.24, 2.45) is 0 Å². The molecule has 0 aliphatic heterocycles. The first kappa shape index (κ1) is 31.6. The van der Waals surface area contributed by atoms with Gasteiger partial charge in [0.25, 0.3) is 0 Å². The Labute approximate surface area is 325 Å². The molecule has 55 heavy (non-hydrogen) atoms. The van der Waals surface area contributed by atoms with Crippen molar-refractivity contribution in [3.63, 3.8) is 0 Å². The average molecular weight is 705 g/mol. The Hall–Kier alpha value is -5.72. The van der Waals surface area contributed by atoms with Crippen molar-refractivity contribution in [3.05, 3.63) is 224 Å². The minimum atomic E-state index is -0.270. The molecule has 0 heteroatoms. The zero-order valence-electron chi connectivity index (χ0n) is 31.8. The Morgan fingerprint density at radius 3 is 1.85 bits per heavy atom. The molecule has 0 amide bonds. The highest BCUT2D eigenvalue weighted by Gasteiger charge is 2.54. The van der Waals surface area contributed by atoms with Gasteiger partial charge in [-0.1, -0.05) is 165 Å². The number of allylic oxidation sites excluding steroid dienone is 8. The molecule has 12 rings (SSSR count). The lowest BCUT2D eigenvalue weighted by Crippen LogP contribution is -2.26. The lowest BCUT2D eigenvalue weighted by Gasteiger charge is -2.33. The molecule has 0 bridgehead atoms. The van der Waals surface area contributed by atoms with Crippen molar-refractivity contribution in [2.45, 2.75) is 69.1 Å². The van der Waals surface area contributed by atoms with Crippen molar-refractivity contribution in [1.29, 1.82) is 0 Å². The van der Waals surface area contributed by atoms with Crippen LogP contribution in [0.5, 0.6) is 0 Å². The van der Waals surface area contributed by atoms with Crippen molar-refractivity contribution >= 4 is 11.1 Å². The van der Waals surface area contributed by atoms with Crippen LogP contribution < -0.4 is 0 Å². The van der Waals surface area contributed by atoms with E-state index < -0.39 is 0 Å². The van der Waals surface area contributed by atoms with Crippen LogP contribution in [0.2, 0.25) is 0 Å². The number of fused-ring (bicyclic) bond motifs is 15. The molecule has 6 aromatic carbocycles. The summed E-state index contributed by atoms with van der Waals surface area (Å²) in [5.41, 5.74) is 27.9. The van der Waals surface area contributed by atoms with Gasteiger partial charge in [-0.05, 0) is 145 Å². The van der Waals surface area contributed by atoms with Gasteiger partial charge in [-0.3, -0.25) is 0 Å². The van der Waals surface area contributed by atoms with Crippen LogP contribution in [0.25, 0.3) is 33.4 Å². The fourth-order valence-corrected chi connectivity index (χ4v) is 12.1. The second-order valence-corrected chi connectivity index (χ2v) is 17.2. The Bertz CT molecular complexity index is 2730. The summed E-state index contributed by atoms with van der Waals surface area (Å²) in [7, 11) is 0. The molecule has 0 heterocycles. The molecule has 0 radical (unpaired) electrons. The zero-order valence-corrected chi connectivity index (χ0v) is 31.8. The largest absolute Gasteiger partial charge is 0.0788 e. The molecule has 1 unspecified atom stereocenters. The zero-order chi connectivity index (χ0) is 36.5. The highest BCUT2D eigenvalue weighted by atomic mass is 14.6. The predicted molar refractivity (Wildman–Crippen MR) is 228 cm³/mol. The molecule has 0 saturated carbocycles. The molecule has 6 aliphatic carbocycles. The summed E-state index contributed by atoms with van der Waals surface area (Å²) in [6, 6.07) is 53.3. The minimum Gasteiger partial charge on any atom is -0.0788 e. The number of hydrogen-bond acceptors (Lipinski definition) is 0. The van der Waals surface area contributed by atoms with E-state index in [4.69, 9.17) is 0 Å². The minimum absolute atomic E-state index is 0.00431. The number of hydrogen-bond donors (Lipinski definition) is 0. The maximum absolute atomic E-state index is 2.67. The molecule has 0 saturated heterocycles. The topological polar surface area (TPSA) is 0 Å². The molecular formula is C55H44. The first-order valence-corrected chi connectivity index (χ1v) is 20.5. The van der Waals surface area contributed by atoms with E-state index in [1.807, 2.05) is 0 Å². The summed E-state index contributed by atoms with van der Waals surface area (Å²) in [4.78, 5) is 0. The first-order valence-electron chi connectivity index (χ1n) is 20.5. The Kier molecular flexibility index (Phi) is 6.55. The third-order valence-electron chi connectivity index (χ3n) is 14.4. The smallest absolute Gasteiger partial charge is 0.0722 e. The van der Waals surface area contributed by atoms with Gasteiger partial charge in [0, 0.05) is 11.3 Å². The predicted octanol–water partition coefficient (Wildman–Crippen LogP) is 13.7. The molecule has 0 fully saturated rings. The van der Waals surface area contributed by atoms with E-state index in [1.165, 1.54) is 83.5 Å². The Morgan fingerprint density at radius 1 is 0.545 bits per heavy atom. The van der Waals surface area contributed by atoms with E-state index in [0.717, 1.165) is 38.5 Å². The van der Waals surface area contributed by atoms with Gasteiger partial charge in [-0.25, -0.2) is 0 Å². The standard InChI is InChI=1S/C55H44/c1-54(2)47-22-10-6-19-41(47)46-32-44-43-31-35(28-30-38(43)37(45(44)33-52(46)54)29-27-34-15-4-3-5-16-34)36-21-14-26-51-53(36)42-20-9-13-25-50(42)55(51)48-23-11-7-17-39(48)40-18-8-12-24-49(40)55/h3-13,15-20,22-26,31-33,37H,14,21,27-30H2,1-2H3. The van der Waals surface area contributed by atoms with E-state index in [0.29, 0.717) is 5.92 Å². The lowest BCUT2D eigenvalue weighted by molar-refractivity contribution is 0.650. The quantitative estimate of drug-likeness (QED) is 0.171. The fourth-order valence-electron chi connectivity index (χ4n) is 12.1. The second kappa shape index (κ2) is 11.4. The highest BCUT2D eigenvalue weighted by Crippen LogP contribution is 2.66. The van der Waals surface area contributed by atoms with E-state index in [2.05, 4.69) is 166 Å². The number of benzene rings is 6. The van der Waals surface area contributed by atoms with Gasteiger partial charge in [0.15, 0.2) is 0 Å². The van der Waals surface area contributed by atoms with Crippen LogP contribution in [0.1, 0.15) is 102 Å². The molecule has 264 valence electrons. The van der Waals surface area contributed by atoms with Crippen molar-refractivity contribution < 1.29 is 0 Å². The summed E-state index contributed by atoms with van der Waals surface area (Å²) in [5.74, 6) is 0.453. The molecule has 1 atom stereocenters. The van der Waals surface area contributed by atoms with Crippen LogP contribution in [0.4, 0.5) is 0 Å². The maximum atomic E-state index is 2.67. The van der Waals surface area contributed by atoms with Crippen LogP contribution in [-0.2, 0) is 17.3 Å². The van der Waals surface area contributed by atoms with E-state index in [1.54, 1.807) is 22.3 Å². The van der Waals surface area contributed by atoms with Gasteiger partial charge < -0.3 is 0 Å². The summed E-state index contributed by atoms with van der Waals surface area (Å²) < 4.78 is 0. The van der Waals surface area contributed by atoms with Crippen LogP contribution in [0, 0.1) is 0 Å². The maximum Gasteiger partial charge on any atom is 0.0722 e. The molecule has 0 N–H and O–H groups in total. The molecule has 0 nitrogen and oxygen atoms in total. The average Bonchev–Trinajstić information content (AvgIpc) is 3.90. The molecule has 1 spiro atoms. The Balaban J connectivity index is 1.05. The van der Waals surface area contributed by atoms with E-state index in [-0.39, 0.29) is 10.8 Å². The van der Waals surface area contributed by atoms with Gasteiger partial charge in [-0.15, -0.1) is 0 Å². The van der Waals surface area contributed by atoms with Crippen molar-refractivity contribution in [1.82, 2.24) is 0 Å². The lowest BCUT2D eigenvalue weighted by atomic mass is 9.68. The molecular weight excluding hydrogens is 661 g/mol. The molecule has 6 aromatic rings. The fraction of sp³-hybridized carbons (Fsp3) is 0.200. The normalized spacial score (nSPS) is 19.9. The number of aryl methyl sites for hydroxylation is 1. The van der Waals surface area contributed by atoms with Crippen LogP contribution in [0.15, 0.2) is 174 Å². The van der Waals surface area contributed by atoms with Gasteiger partial charge >= 0.3 is 0 Å². The van der Waals surface area contributed by atoms with Gasteiger partial charge in [0.2, 0.25) is 0 Å². The summed E-state index contributed by atoms with van der Waals surface area (Å²) in [6.45, 7) is 4.86. The van der Waals surface area contributed by atoms with Gasteiger partial charge in [0.05, 0.1) is 5.41 Å². The molecule has 0 aromatic heterocycles. The van der Waals surface area contributed by atoms with Crippen LogP contribution in [0.3, 0.4) is 0 Å². The van der Waals surface area contributed by atoms with E-state index >= 15 is 0 Å². The summed E-state index contributed by atoms with van der Waals surface area (Å²) >= 11 is 0. The summed E-state index contributed by atoms with van der Waals surface area (Å²) in [6.07, 6.45) is 12.0. The third-order valence-corrected chi connectivity index (χ3v) is 14.4. The third kappa shape index (κ3) is 4.13. The molecule has 6 aliphatic rings. The van der Waals surface area contributed by atoms with Gasteiger partial charge in [0.1, 0.15) is 0 Å². The van der Waals surface area contributed by atoms with Crippen molar-refractivity contribution in [3.8, 4) is 22.3 Å². The monoisotopic (exact) mass is 704 g/mol. The van der Waals surface area contributed by atoms with Gasteiger partial charge in [-0.2, -0.15) is 0 Å². The second-order valence-electron chi connectivity index (χ2n) is 17.2. The van der Waals surface area contributed by atoms with Crippen molar-refractivity contribution in [2.75, 3.05) is 0 Å². The Morgan fingerprint density at radius 2 is 1.15 bits per heavy atom. The summed E-state index contributed by atoms with van der Waals surface area (Å²) in [5, 5.41) is 0.